The van der Waals surface area contributed by atoms with Crippen LogP contribution in [0, 0.1) is 0 Å². The van der Waals surface area contributed by atoms with Gasteiger partial charge in [0, 0.05) is 11.6 Å². The zero-order valence-corrected chi connectivity index (χ0v) is 18.2. The average Bonchev–Trinajstić information content (AvgIpc) is 2.80. The number of carbonyl (C=O) groups is 3. The number of hydrogen-bond donors (Lipinski definition) is 1. The van der Waals surface area contributed by atoms with Gasteiger partial charge in [-0.05, 0) is 30.3 Å². The lowest BCUT2D eigenvalue weighted by Crippen LogP contribution is -2.54. The van der Waals surface area contributed by atoms with Crippen LogP contribution >= 0.6 is 0 Å². The summed E-state index contributed by atoms with van der Waals surface area (Å²) in [6, 6.07) is 6.91. The summed E-state index contributed by atoms with van der Waals surface area (Å²) in [5, 5.41) is 2.17. The van der Waals surface area contributed by atoms with E-state index in [1.54, 1.807) is 24.3 Å². The number of nitrogens with one attached hydrogen (secondary N) is 1. The normalized spacial score (nSPS) is 14.8. The van der Waals surface area contributed by atoms with Gasteiger partial charge in [-0.2, -0.15) is 0 Å². The van der Waals surface area contributed by atoms with Crippen molar-refractivity contribution in [3.8, 4) is 28.7 Å². The van der Waals surface area contributed by atoms with E-state index in [0.717, 1.165) is 4.90 Å². The number of methoxy groups -OCH3 is 5. The molecule has 0 radical (unpaired) electrons. The van der Waals surface area contributed by atoms with Crippen LogP contribution < -0.4 is 33.9 Å². The van der Waals surface area contributed by atoms with Crippen molar-refractivity contribution in [3.63, 3.8) is 0 Å². The second-order valence-electron chi connectivity index (χ2n) is 6.42. The number of imide groups is 2. The summed E-state index contributed by atoms with van der Waals surface area (Å²) in [4.78, 5) is 39.2. The van der Waals surface area contributed by atoms with Crippen molar-refractivity contribution in [2.45, 2.75) is 0 Å². The first kappa shape index (κ1) is 22.5. The van der Waals surface area contributed by atoms with E-state index in [0.29, 0.717) is 17.1 Å². The van der Waals surface area contributed by atoms with Gasteiger partial charge in [0.2, 0.25) is 5.75 Å². The second-order valence-corrected chi connectivity index (χ2v) is 6.42. The zero-order chi connectivity index (χ0) is 23.4. The molecule has 1 saturated heterocycles. The Labute approximate surface area is 184 Å². The molecule has 4 amide bonds. The SMILES string of the molecule is COc1ccc(OC)c(N2C(=O)NC(=O)/C(=C/c3ccc(OC)c(OC)c3OC)C2=O)c1. The van der Waals surface area contributed by atoms with E-state index in [1.807, 2.05) is 0 Å². The van der Waals surface area contributed by atoms with Crippen molar-refractivity contribution in [2.24, 2.45) is 0 Å². The molecule has 1 aliphatic heterocycles. The molecule has 1 aliphatic rings. The molecule has 0 atom stereocenters. The summed E-state index contributed by atoms with van der Waals surface area (Å²) in [7, 11) is 7.17. The quantitative estimate of drug-likeness (QED) is 0.514. The van der Waals surface area contributed by atoms with Crippen LogP contribution in [0.15, 0.2) is 35.9 Å². The molecule has 1 N–H and O–H groups in total. The Kier molecular flexibility index (Phi) is 6.53. The Morgan fingerprint density at radius 1 is 0.781 bits per heavy atom. The van der Waals surface area contributed by atoms with E-state index in [1.165, 1.54) is 47.7 Å². The number of hydrogen-bond acceptors (Lipinski definition) is 8. The summed E-state index contributed by atoms with van der Waals surface area (Å²) in [6.07, 6.45) is 1.31. The summed E-state index contributed by atoms with van der Waals surface area (Å²) in [5.41, 5.74) is 0.197. The third-order valence-corrected chi connectivity index (χ3v) is 4.76. The van der Waals surface area contributed by atoms with Gasteiger partial charge in [-0.25, -0.2) is 9.69 Å². The topological polar surface area (TPSA) is 113 Å². The van der Waals surface area contributed by atoms with E-state index < -0.39 is 17.8 Å². The van der Waals surface area contributed by atoms with Crippen LogP contribution in [-0.2, 0) is 9.59 Å². The minimum atomic E-state index is -0.914. The van der Waals surface area contributed by atoms with E-state index >= 15 is 0 Å². The van der Waals surface area contributed by atoms with Gasteiger partial charge in [-0.15, -0.1) is 0 Å². The Bertz CT molecular complexity index is 1110. The molecule has 1 fully saturated rings. The van der Waals surface area contributed by atoms with Crippen LogP contribution in [0.2, 0.25) is 0 Å². The van der Waals surface area contributed by atoms with Crippen molar-refractivity contribution < 1.29 is 38.1 Å². The Morgan fingerprint density at radius 2 is 1.44 bits per heavy atom. The number of carbonyl (C=O) groups excluding carboxylic acids is 3. The van der Waals surface area contributed by atoms with Crippen molar-refractivity contribution >= 4 is 29.6 Å². The van der Waals surface area contributed by atoms with E-state index in [-0.39, 0.29) is 28.5 Å². The zero-order valence-electron chi connectivity index (χ0n) is 18.2. The molecule has 10 heteroatoms. The predicted octanol–water partition coefficient (Wildman–Crippen LogP) is 2.40. The maximum absolute atomic E-state index is 13.3. The van der Waals surface area contributed by atoms with Gasteiger partial charge in [0.05, 0.1) is 41.2 Å². The van der Waals surface area contributed by atoms with Crippen molar-refractivity contribution in [2.75, 3.05) is 40.4 Å². The highest BCUT2D eigenvalue weighted by Crippen LogP contribution is 2.41. The lowest BCUT2D eigenvalue weighted by molar-refractivity contribution is -0.122. The van der Waals surface area contributed by atoms with Gasteiger partial charge in [0.15, 0.2) is 11.5 Å². The van der Waals surface area contributed by atoms with Gasteiger partial charge >= 0.3 is 6.03 Å². The van der Waals surface area contributed by atoms with Gasteiger partial charge in [-0.1, -0.05) is 0 Å². The smallest absolute Gasteiger partial charge is 0.336 e. The molecule has 0 unspecified atom stereocenters. The lowest BCUT2D eigenvalue weighted by atomic mass is 10.0. The first-order valence-corrected chi connectivity index (χ1v) is 9.32. The van der Waals surface area contributed by atoms with Crippen molar-refractivity contribution in [3.05, 3.63) is 41.5 Å². The van der Waals surface area contributed by atoms with Crippen LogP contribution in [0.25, 0.3) is 6.08 Å². The van der Waals surface area contributed by atoms with Crippen LogP contribution in [-0.4, -0.2) is 53.4 Å². The number of nitrogens with zero attached hydrogens (tertiary/aromatic N) is 1. The van der Waals surface area contributed by atoms with E-state index in [2.05, 4.69) is 5.32 Å². The first-order chi connectivity index (χ1) is 15.4. The predicted molar refractivity (Wildman–Crippen MR) is 115 cm³/mol. The molecule has 0 bridgehead atoms. The van der Waals surface area contributed by atoms with Gasteiger partial charge in [0.25, 0.3) is 11.8 Å². The van der Waals surface area contributed by atoms with Crippen LogP contribution in [0.4, 0.5) is 10.5 Å². The molecule has 168 valence electrons. The molecule has 2 aromatic carbocycles. The molecule has 32 heavy (non-hydrogen) atoms. The van der Waals surface area contributed by atoms with Crippen LogP contribution in [0.3, 0.4) is 0 Å². The van der Waals surface area contributed by atoms with Gasteiger partial charge in [0.1, 0.15) is 17.1 Å². The fourth-order valence-electron chi connectivity index (χ4n) is 3.24. The van der Waals surface area contributed by atoms with E-state index in [4.69, 9.17) is 23.7 Å². The number of benzene rings is 2. The van der Waals surface area contributed by atoms with Crippen LogP contribution in [0.1, 0.15) is 5.56 Å². The number of rotatable bonds is 7. The summed E-state index contributed by atoms with van der Waals surface area (Å²) in [6.45, 7) is 0. The highest BCUT2D eigenvalue weighted by Gasteiger charge is 2.38. The molecular formula is C22H22N2O8. The molecule has 0 aliphatic carbocycles. The minimum Gasteiger partial charge on any atom is -0.497 e. The van der Waals surface area contributed by atoms with Crippen LogP contribution in [0.5, 0.6) is 28.7 Å². The number of amides is 4. The molecule has 3 rings (SSSR count). The number of urea groups is 1. The monoisotopic (exact) mass is 442 g/mol. The molecule has 0 spiro atoms. The number of ether oxygens (including phenoxy) is 5. The maximum atomic E-state index is 13.3. The van der Waals surface area contributed by atoms with Crippen molar-refractivity contribution in [1.29, 1.82) is 0 Å². The highest BCUT2D eigenvalue weighted by atomic mass is 16.5. The number of barbiturate groups is 1. The number of anilines is 1. The fraction of sp³-hybridized carbons (Fsp3) is 0.227. The average molecular weight is 442 g/mol. The first-order valence-electron chi connectivity index (χ1n) is 9.32. The standard InChI is InChI=1S/C22H22N2O8/c1-28-13-7-9-16(29-2)15(11-13)24-21(26)14(20(25)23-22(24)27)10-12-6-8-17(30-3)19(32-5)18(12)31-4/h6-11H,1-5H3,(H,23,25,27)/b14-10-. The second kappa shape index (κ2) is 9.29. The third kappa shape index (κ3) is 3.89. The summed E-state index contributed by atoms with van der Waals surface area (Å²) < 4.78 is 26.5. The van der Waals surface area contributed by atoms with E-state index in [9.17, 15) is 14.4 Å². The summed E-state index contributed by atoms with van der Waals surface area (Å²) in [5.74, 6) is -0.115. The molecular weight excluding hydrogens is 420 g/mol. The van der Waals surface area contributed by atoms with Gasteiger partial charge in [-0.3, -0.25) is 14.9 Å². The Morgan fingerprint density at radius 3 is 2.03 bits per heavy atom. The Balaban J connectivity index is 2.14. The summed E-state index contributed by atoms with van der Waals surface area (Å²) >= 11 is 0. The Hall–Kier alpha value is -4.21. The molecule has 0 saturated carbocycles. The maximum Gasteiger partial charge on any atom is 0.336 e. The largest absolute Gasteiger partial charge is 0.497 e. The third-order valence-electron chi connectivity index (χ3n) is 4.76. The molecule has 1 heterocycles. The molecule has 0 aromatic heterocycles. The minimum absolute atomic E-state index is 0.118. The molecule has 2 aromatic rings. The fourth-order valence-corrected chi connectivity index (χ4v) is 3.24. The highest BCUT2D eigenvalue weighted by molar-refractivity contribution is 6.39. The molecule has 10 nitrogen and oxygen atoms in total. The van der Waals surface area contributed by atoms with Gasteiger partial charge < -0.3 is 23.7 Å². The lowest BCUT2D eigenvalue weighted by Gasteiger charge is -2.28. The van der Waals surface area contributed by atoms with Crippen molar-refractivity contribution in [1.82, 2.24) is 5.32 Å².